The molecule has 0 unspecified atom stereocenters. The topological polar surface area (TPSA) is 56.8 Å². The molecule has 0 aliphatic heterocycles. The van der Waals surface area contributed by atoms with Crippen LogP contribution in [0.2, 0.25) is 0 Å². The van der Waals surface area contributed by atoms with Gasteiger partial charge in [0, 0.05) is 5.56 Å². The lowest BCUT2D eigenvalue weighted by molar-refractivity contribution is 0.102. The van der Waals surface area contributed by atoms with Crippen molar-refractivity contribution in [1.29, 1.82) is 0 Å². The number of carbonyl (C=O) groups is 1. The number of unbranched alkanes of at least 4 members (excludes halogenated alkanes) is 1. The maximum Gasteiger partial charge on any atom is 0.255 e. The monoisotopic (exact) mass is 405 g/mol. The number of rotatable bonds is 11. The van der Waals surface area contributed by atoms with Crippen molar-refractivity contribution in [3.8, 4) is 17.2 Å². The summed E-state index contributed by atoms with van der Waals surface area (Å²) >= 11 is 0. The summed E-state index contributed by atoms with van der Waals surface area (Å²) in [5.41, 5.74) is 1.17. The second kappa shape index (κ2) is 11.5. The van der Waals surface area contributed by atoms with Crippen molar-refractivity contribution in [2.75, 3.05) is 25.1 Å². The van der Waals surface area contributed by atoms with Gasteiger partial charge in [-0.05, 0) is 55.0 Å². The van der Waals surface area contributed by atoms with Crippen molar-refractivity contribution in [2.24, 2.45) is 0 Å². The minimum atomic E-state index is -0.202. The minimum Gasteiger partial charge on any atom is -0.494 e. The predicted octanol–water partition coefficient (Wildman–Crippen LogP) is 5.58. The molecule has 0 aliphatic rings. The quantitative estimate of drug-likeness (QED) is 0.423. The SMILES string of the molecule is CCCCOc1ccc(C(=O)Nc2ccccc2OCCOc2ccccc2)cc1. The number of nitrogens with one attached hydrogen (secondary N) is 1. The molecule has 30 heavy (non-hydrogen) atoms. The van der Waals surface area contributed by atoms with Crippen LogP contribution in [0.25, 0.3) is 0 Å². The van der Waals surface area contributed by atoms with Gasteiger partial charge < -0.3 is 19.5 Å². The molecule has 0 spiro atoms. The summed E-state index contributed by atoms with van der Waals surface area (Å²) in [5.74, 6) is 1.96. The first-order valence-electron chi connectivity index (χ1n) is 10.2. The summed E-state index contributed by atoms with van der Waals surface area (Å²) in [6.45, 7) is 3.58. The lowest BCUT2D eigenvalue weighted by Crippen LogP contribution is -2.14. The molecule has 0 fully saturated rings. The van der Waals surface area contributed by atoms with E-state index < -0.39 is 0 Å². The lowest BCUT2D eigenvalue weighted by Gasteiger charge is -2.13. The Bertz CT molecular complexity index is 910. The van der Waals surface area contributed by atoms with Crippen molar-refractivity contribution in [3.63, 3.8) is 0 Å². The third kappa shape index (κ3) is 6.55. The third-order valence-corrected chi connectivity index (χ3v) is 4.37. The summed E-state index contributed by atoms with van der Waals surface area (Å²) in [7, 11) is 0. The Morgan fingerprint density at radius 3 is 2.13 bits per heavy atom. The normalized spacial score (nSPS) is 10.3. The average Bonchev–Trinajstić information content (AvgIpc) is 2.79. The molecule has 3 rings (SSSR count). The van der Waals surface area contributed by atoms with Crippen LogP contribution in [0, 0.1) is 0 Å². The van der Waals surface area contributed by atoms with Crippen molar-refractivity contribution in [3.05, 3.63) is 84.4 Å². The fraction of sp³-hybridized carbons (Fsp3) is 0.240. The second-order valence-electron chi connectivity index (χ2n) is 6.69. The van der Waals surface area contributed by atoms with Gasteiger partial charge >= 0.3 is 0 Å². The van der Waals surface area contributed by atoms with Gasteiger partial charge in [0.1, 0.15) is 30.5 Å². The van der Waals surface area contributed by atoms with Gasteiger partial charge in [-0.25, -0.2) is 0 Å². The molecule has 0 aromatic heterocycles. The van der Waals surface area contributed by atoms with E-state index in [4.69, 9.17) is 14.2 Å². The van der Waals surface area contributed by atoms with Crippen molar-refractivity contribution in [1.82, 2.24) is 0 Å². The van der Waals surface area contributed by atoms with Crippen LogP contribution >= 0.6 is 0 Å². The Hall–Kier alpha value is -3.47. The second-order valence-corrected chi connectivity index (χ2v) is 6.69. The van der Waals surface area contributed by atoms with E-state index in [1.165, 1.54) is 0 Å². The van der Waals surface area contributed by atoms with Crippen LogP contribution in [-0.2, 0) is 0 Å². The lowest BCUT2D eigenvalue weighted by atomic mass is 10.2. The molecule has 156 valence electrons. The van der Waals surface area contributed by atoms with Gasteiger partial charge in [0.2, 0.25) is 0 Å². The number of benzene rings is 3. The standard InChI is InChI=1S/C25H27NO4/c1-2-3-17-28-22-15-13-20(14-16-22)25(27)26-23-11-7-8-12-24(23)30-19-18-29-21-9-5-4-6-10-21/h4-16H,2-3,17-19H2,1H3,(H,26,27). The van der Waals surface area contributed by atoms with Crippen molar-refractivity contribution in [2.45, 2.75) is 19.8 Å². The van der Waals surface area contributed by atoms with Crippen LogP contribution in [0.15, 0.2) is 78.9 Å². The zero-order valence-corrected chi connectivity index (χ0v) is 17.2. The number of para-hydroxylation sites is 3. The Labute approximate surface area is 177 Å². The van der Waals surface area contributed by atoms with Gasteiger partial charge in [0.05, 0.1) is 12.3 Å². The van der Waals surface area contributed by atoms with Crippen LogP contribution in [0.3, 0.4) is 0 Å². The summed E-state index contributed by atoms with van der Waals surface area (Å²) in [6, 6.07) is 24.1. The maximum absolute atomic E-state index is 12.6. The van der Waals surface area contributed by atoms with Crippen molar-refractivity contribution >= 4 is 11.6 Å². The highest BCUT2D eigenvalue weighted by Gasteiger charge is 2.10. The van der Waals surface area contributed by atoms with Gasteiger partial charge in [0.15, 0.2) is 0 Å². The molecule has 0 bridgehead atoms. The Morgan fingerprint density at radius 2 is 1.37 bits per heavy atom. The number of ether oxygens (including phenoxy) is 3. The van der Waals surface area contributed by atoms with Crippen LogP contribution in [0.1, 0.15) is 30.1 Å². The van der Waals surface area contributed by atoms with Gasteiger partial charge in [-0.3, -0.25) is 4.79 Å². The summed E-state index contributed by atoms with van der Waals surface area (Å²) in [5, 5.41) is 2.91. The Kier molecular flexibility index (Phi) is 8.15. The minimum absolute atomic E-state index is 0.202. The molecule has 0 saturated heterocycles. The molecule has 5 heteroatoms. The molecular formula is C25H27NO4. The van der Waals surface area contributed by atoms with Gasteiger partial charge in [-0.1, -0.05) is 43.7 Å². The number of hydrogen-bond donors (Lipinski definition) is 1. The molecule has 0 radical (unpaired) electrons. The smallest absolute Gasteiger partial charge is 0.255 e. The van der Waals surface area contributed by atoms with E-state index in [0.717, 1.165) is 24.3 Å². The van der Waals surface area contributed by atoms with Crippen LogP contribution in [0.5, 0.6) is 17.2 Å². The summed E-state index contributed by atoms with van der Waals surface area (Å²) in [6.07, 6.45) is 2.09. The van der Waals surface area contributed by atoms with Crippen LogP contribution in [0.4, 0.5) is 5.69 Å². The van der Waals surface area contributed by atoms with E-state index in [-0.39, 0.29) is 5.91 Å². The number of hydrogen-bond acceptors (Lipinski definition) is 4. The Morgan fingerprint density at radius 1 is 0.733 bits per heavy atom. The summed E-state index contributed by atoms with van der Waals surface area (Å²) < 4.78 is 17.1. The summed E-state index contributed by atoms with van der Waals surface area (Å²) in [4.78, 5) is 12.6. The van der Waals surface area contributed by atoms with E-state index in [0.29, 0.717) is 36.8 Å². The van der Waals surface area contributed by atoms with Crippen LogP contribution in [-0.4, -0.2) is 25.7 Å². The predicted molar refractivity (Wildman–Crippen MR) is 119 cm³/mol. The molecule has 0 aliphatic carbocycles. The molecule has 0 atom stereocenters. The molecule has 3 aromatic carbocycles. The van der Waals surface area contributed by atoms with Crippen molar-refractivity contribution < 1.29 is 19.0 Å². The first kappa shape index (κ1) is 21.2. The Balaban J connectivity index is 1.52. The zero-order chi connectivity index (χ0) is 21.0. The van der Waals surface area contributed by atoms with Crippen LogP contribution < -0.4 is 19.5 Å². The first-order valence-corrected chi connectivity index (χ1v) is 10.2. The number of carbonyl (C=O) groups excluding carboxylic acids is 1. The van der Waals surface area contributed by atoms with E-state index in [2.05, 4.69) is 12.2 Å². The molecule has 1 N–H and O–H groups in total. The third-order valence-electron chi connectivity index (χ3n) is 4.37. The molecule has 5 nitrogen and oxygen atoms in total. The molecule has 0 heterocycles. The number of amides is 1. The highest BCUT2D eigenvalue weighted by molar-refractivity contribution is 6.05. The largest absolute Gasteiger partial charge is 0.494 e. The first-order chi connectivity index (χ1) is 14.8. The molecule has 1 amide bonds. The average molecular weight is 405 g/mol. The molecular weight excluding hydrogens is 378 g/mol. The van der Waals surface area contributed by atoms with E-state index in [1.807, 2.05) is 66.7 Å². The fourth-order valence-corrected chi connectivity index (χ4v) is 2.76. The van der Waals surface area contributed by atoms with Gasteiger partial charge in [-0.15, -0.1) is 0 Å². The van der Waals surface area contributed by atoms with Gasteiger partial charge in [-0.2, -0.15) is 0 Å². The number of anilines is 1. The maximum atomic E-state index is 12.6. The highest BCUT2D eigenvalue weighted by atomic mass is 16.5. The van der Waals surface area contributed by atoms with E-state index in [1.54, 1.807) is 12.1 Å². The van der Waals surface area contributed by atoms with E-state index >= 15 is 0 Å². The highest BCUT2D eigenvalue weighted by Crippen LogP contribution is 2.25. The van der Waals surface area contributed by atoms with Gasteiger partial charge in [0.25, 0.3) is 5.91 Å². The fourth-order valence-electron chi connectivity index (χ4n) is 2.76. The van der Waals surface area contributed by atoms with E-state index in [9.17, 15) is 4.79 Å². The zero-order valence-electron chi connectivity index (χ0n) is 17.2. The molecule has 3 aromatic rings. The molecule has 0 saturated carbocycles.